The van der Waals surface area contributed by atoms with Crippen LogP contribution in [-0.2, 0) is 33.3 Å². The average molecular weight is 475 g/mol. The van der Waals surface area contributed by atoms with Crippen LogP contribution in [0, 0.1) is 5.92 Å². The van der Waals surface area contributed by atoms with E-state index >= 15 is 0 Å². The fraction of sp³-hybridized carbons (Fsp3) is 0.870. The van der Waals surface area contributed by atoms with E-state index in [9.17, 15) is 14.4 Å². The Morgan fingerprint density at radius 1 is 0.939 bits per heavy atom. The lowest BCUT2D eigenvalue weighted by Gasteiger charge is -2.43. The Labute approximate surface area is 197 Å². The van der Waals surface area contributed by atoms with Crippen molar-refractivity contribution in [2.75, 3.05) is 26.2 Å². The Bertz CT molecular complexity index is 622. The number of hydrogen-bond acceptors (Lipinski definition) is 9. The second-order valence-corrected chi connectivity index (χ2v) is 9.21. The summed E-state index contributed by atoms with van der Waals surface area (Å²) in [5, 5.41) is 6.00. The molecule has 33 heavy (non-hydrogen) atoms. The molecule has 1 heterocycles. The molecule has 1 aliphatic rings. The van der Waals surface area contributed by atoms with Gasteiger partial charge in [-0.1, -0.05) is 13.8 Å². The average Bonchev–Trinajstić information content (AvgIpc) is 2.68. The van der Waals surface area contributed by atoms with Gasteiger partial charge in [0.15, 0.2) is 12.4 Å². The van der Waals surface area contributed by atoms with E-state index in [2.05, 4.69) is 10.6 Å². The summed E-state index contributed by atoms with van der Waals surface area (Å²) < 4.78 is 28.0. The number of rotatable bonds is 12. The van der Waals surface area contributed by atoms with E-state index in [0.717, 1.165) is 13.0 Å². The van der Waals surface area contributed by atoms with E-state index in [4.69, 9.17) is 23.7 Å². The zero-order valence-corrected chi connectivity index (χ0v) is 21.1. The van der Waals surface area contributed by atoms with Gasteiger partial charge in [0, 0.05) is 26.3 Å². The third-order valence-electron chi connectivity index (χ3n) is 4.99. The first-order valence-corrected chi connectivity index (χ1v) is 11.7. The van der Waals surface area contributed by atoms with Crippen molar-refractivity contribution in [3.8, 4) is 0 Å². The van der Waals surface area contributed by atoms with E-state index in [1.54, 1.807) is 0 Å². The standard InChI is InChI=1S/C23H42N2O8/c1-8-18-15(2)19(30-16(3)26)20(31-17(4)27)21(32-18)29-14-10-12-24-11-9-13-25-22(28)33-23(5,6)7/h15,18-21,24H,8-14H2,1-7H3,(H,25,28). The fourth-order valence-corrected chi connectivity index (χ4v) is 3.56. The van der Waals surface area contributed by atoms with Gasteiger partial charge in [0.2, 0.25) is 0 Å². The Morgan fingerprint density at radius 3 is 2.12 bits per heavy atom. The van der Waals surface area contributed by atoms with E-state index in [0.29, 0.717) is 32.5 Å². The minimum Gasteiger partial charge on any atom is -0.458 e. The maximum absolute atomic E-state index is 11.6. The molecule has 1 fully saturated rings. The molecule has 0 saturated carbocycles. The van der Waals surface area contributed by atoms with Crippen LogP contribution >= 0.6 is 0 Å². The van der Waals surface area contributed by atoms with Crippen LogP contribution in [-0.4, -0.2) is 74.5 Å². The molecule has 0 aliphatic carbocycles. The van der Waals surface area contributed by atoms with Gasteiger partial charge in [-0.05, 0) is 53.1 Å². The molecule has 0 bridgehead atoms. The third-order valence-corrected chi connectivity index (χ3v) is 4.99. The lowest BCUT2D eigenvalue weighted by molar-refractivity contribution is -0.290. The van der Waals surface area contributed by atoms with Crippen molar-refractivity contribution in [3.63, 3.8) is 0 Å². The van der Waals surface area contributed by atoms with E-state index in [1.165, 1.54) is 13.8 Å². The fourth-order valence-electron chi connectivity index (χ4n) is 3.56. The largest absolute Gasteiger partial charge is 0.458 e. The first-order valence-electron chi connectivity index (χ1n) is 11.7. The maximum Gasteiger partial charge on any atom is 0.407 e. The van der Waals surface area contributed by atoms with E-state index in [-0.39, 0.29) is 12.0 Å². The molecule has 0 aromatic rings. The summed E-state index contributed by atoms with van der Waals surface area (Å²) in [4.78, 5) is 34.8. The molecule has 1 aliphatic heterocycles. The van der Waals surface area contributed by atoms with Crippen molar-refractivity contribution in [1.29, 1.82) is 0 Å². The van der Waals surface area contributed by atoms with Gasteiger partial charge in [-0.15, -0.1) is 0 Å². The van der Waals surface area contributed by atoms with Crippen molar-refractivity contribution < 1.29 is 38.1 Å². The predicted octanol–water partition coefficient (Wildman–Crippen LogP) is 2.53. The molecule has 1 rings (SSSR count). The molecule has 0 aromatic heterocycles. The summed E-state index contributed by atoms with van der Waals surface area (Å²) in [6.07, 6.45) is -0.680. The van der Waals surface area contributed by atoms with Gasteiger partial charge in [0.25, 0.3) is 0 Å². The smallest absolute Gasteiger partial charge is 0.407 e. The summed E-state index contributed by atoms with van der Waals surface area (Å²) in [6.45, 7) is 14.3. The van der Waals surface area contributed by atoms with Crippen LogP contribution in [0.5, 0.6) is 0 Å². The molecule has 1 saturated heterocycles. The highest BCUT2D eigenvalue weighted by molar-refractivity contribution is 5.68. The molecule has 1 amide bonds. The summed E-state index contributed by atoms with van der Waals surface area (Å²) in [5.41, 5.74) is -0.508. The number of carbonyl (C=O) groups is 3. The Hall–Kier alpha value is -1.91. The second-order valence-electron chi connectivity index (χ2n) is 9.21. The van der Waals surface area contributed by atoms with Gasteiger partial charge in [-0.25, -0.2) is 4.79 Å². The van der Waals surface area contributed by atoms with Crippen LogP contribution in [0.1, 0.15) is 67.7 Å². The topological polar surface area (TPSA) is 121 Å². The van der Waals surface area contributed by atoms with Gasteiger partial charge in [0.1, 0.15) is 11.7 Å². The molecule has 0 radical (unpaired) electrons. The van der Waals surface area contributed by atoms with Gasteiger partial charge in [-0.2, -0.15) is 0 Å². The van der Waals surface area contributed by atoms with Crippen LogP contribution in [0.3, 0.4) is 0 Å². The number of esters is 2. The van der Waals surface area contributed by atoms with Crippen LogP contribution in [0.15, 0.2) is 0 Å². The van der Waals surface area contributed by atoms with Crippen molar-refractivity contribution >= 4 is 18.0 Å². The first kappa shape index (κ1) is 29.1. The van der Waals surface area contributed by atoms with Crippen LogP contribution in [0.4, 0.5) is 4.79 Å². The SMILES string of the molecule is CCC1OC(OCCCNCCCNC(=O)OC(C)(C)C)C(OC(C)=O)C(OC(C)=O)C1C. The lowest BCUT2D eigenvalue weighted by Crippen LogP contribution is -2.57. The highest BCUT2D eigenvalue weighted by Crippen LogP contribution is 2.32. The monoisotopic (exact) mass is 474 g/mol. The predicted molar refractivity (Wildman–Crippen MR) is 122 cm³/mol. The van der Waals surface area contributed by atoms with Crippen LogP contribution in [0.25, 0.3) is 0 Å². The maximum atomic E-state index is 11.6. The number of carbonyl (C=O) groups excluding carboxylic acids is 3. The van der Waals surface area contributed by atoms with Crippen molar-refractivity contribution in [1.82, 2.24) is 10.6 Å². The minimum absolute atomic E-state index is 0.140. The number of hydrogen-bond donors (Lipinski definition) is 2. The van der Waals surface area contributed by atoms with Crippen molar-refractivity contribution in [2.24, 2.45) is 5.92 Å². The molecule has 10 heteroatoms. The van der Waals surface area contributed by atoms with E-state index < -0.39 is 42.1 Å². The number of amides is 1. The molecule has 192 valence electrons. The number of alkyl carbamates (subject to hydrolysis) is 1. The van der Waals surface area contributed by atoms with Crippen LogP contribution < -0.4 is 10.6 Å². The number of nitrogens with one attached hydrogen (secondary N) is 2. The van der Waals surface area contributed by atoms with Gasteiger partial charge in [0.05, 0.1) is 12.7 Å². The minimum atomic E-state index is -0.823. The Morgan fingerprint density at radius 2 is 1.55 bits per heavy atom. The molecular weight excluding hydrogens is 432 g/mol. The summed E-state index contributed by atoms with van der Waals surface area (Å²) in [5.74, 6) is -1.07. The lowest BCUT2D eigenvalue weighted by atomic mass is 9.89. The molecule has 2 N–H and O–H groups in total. The van der Waals surface area contributed by atoms with E-state index in [1.807, 2.05) is 34.6 Å². The quantitative estimate of drug-likeness (QED) is 0.250. The van der Waals surface area contributed by atoms with Gasteiger partial charge in [-0.3, -0.25) is 9.59 Å². The number of ether oxygens (including phenoxy) is 5. The first-order chi connectivity index (χ1) is 15.4. The molecule has 0 spiro atoms. The summed E-state index contributed by atoms with van der Waals surface area (Å²) >= 11 is 0. The molecule has 0 aromatic carbocycles. The van der Waals surface area contributed by atoms with Crippen molar-refractivity contribution in [2.45, 2.75) is 97.9 Å². The van der Waals surface area contributed by atoms with Gasteiger partial charge < -0.3 is 34.3 Å². The van der Waals surface area contributed by atoms with Gasteiger partial charge >= 0.3 is 18.0 Å². The summed E-state index contributed by atoms with van der Waals surface area (Å²) in [7, 11) is 0. The zero-order valence-electron chi connectivity index (χ0n) is 21.1. The highest BCUT2D eigenvalue weighted by atomic mass is 16.7. The molecule has 5 atom stereocenters. The highest BCUT2D eigenvalue weighted by Gasteiger charge is 2.47. The third kappa shape index (κ3) is 11.7. The Kier molecular flexibility index (Phi) is 12.7. The Balaban J connectivity index is 2.39. The molecular formula is C23H42N2O8. The molecule has 5 unspecified atom stereocenters. The molecule has 10 nitrogen and oxygen atoms in total. The second kappa shape index (κ2) is 14.4. The summed E-state index contributed by atoms with van der Waals surface area (Å²) in [6, 6.07) is 0. The van der Waals surface area contributed by atoms with Crippen LogP contribution in [0.2, 0.25) is 0 Å². The van der Waals surface area contributed by atoms with Crippen molar-refractivity contribution in [3.05, 3.63) is 0 Å². The normalized spacial score (nSPS) is 25.2. The zero-order chi connectivity index (χ0) is 25.0.